The number of likely N-dealkylation sites (tertiary alicyclic amines) is 1. The van der Waals surface area contributed by atoms with Crippen molar-refractivity contribution in [1.82, 2.24) is 29.4 Å². The Morgan fingerprint density at radius 2 is 1.91 bits per heavy atom. The number of rotatable bonds is 6. The maximum atomic E-state index is 13.6. The zero-order valence-electron chi connectivity index (χ0n) is 20.3. The number of aryl methyl sites for hydroxylation is 2. The first-order chi connectivity index (χ1) is 17.0. The van der Waals surface area contributed by atoms with Gasteiger partial charge in [-0.25, -0.2) is 9.50 Å². The monoisotopic (exact) mass is 477 g/mol. The van der Waals surface area contributed by atoms with Crippen molar-refractivity contribution in [2.45, 2.75) is 58.0 Å². The third-order valence-corrected chi connectivity index (χ3v) is 7.71. The summed E-state index contributed by atoms with van der Waals surface area (Å²) in [5.41, 5.74) is 2.46. The first-order valence-corrected chi connectivity index (χ1v) is 12.5. The zero-order valence-corrected chi connectivity index (χ0v) is 20.3. The zero-order chi connectivity index (χ0) is 24.2. The molecule has 2 aliphatic heterocycles. The Bertz CT molecular complexity index is 1360. The number of pyridine rings is 1. The number of nitrogens with zero attached hydrogens (tertiary/aromatic N) is 5. The maximum Gasteiger partial charge on any atom is 0.276 e. The lowest BCUT2D eigenvalue weighted by atomic mass is 10.1. The fourth-order valence-corrected chi connectivity index (χ4v) is 5.95. The topological polar surface area (TPSA) is 106 Å². The van der Waals surface area contributed by atoms with E-state index in [-0.39, 0.29) is 11.5 Å². The van der Waals surface area contributed by atoms with Gasteiger partial charge in [-0.05, 0) is 77.1 Å². The molecule has 1 amide bonds. The normalized spacial score (nSPS) is 19.0. The van der Waals surface area contributed by atoms with E-state index < -0.39 is 5.66 Å². The van der Waals surface area contributed by atoms with Gasteiger partial charge in [0.15, 0.2) is 5.82 Å². The predicted molar refractivity (Wildman–Crippen MR) is 132 cm³/mol. The summed E-state index contributed by atoms with van der Waals surface area (Å²) in [5, 5.41) is 10.7. The van der Waals surface area contributed by atoms with Gasteiger partial charge < -0.3 is 15.4 Å². The summed E-state index contributed by atoms with van der Waals surface area (Å²) >= 11 is 0. The van der Waals surface area contributed by atoms with Crippen LogP contribution >= 0.6 is 0 Å². The Kier molecular flexibility index (Phi) is 5.28. The summed E-state index contributed by atoms with van der Waals surface area (Å²) in [5.74, 6) is 1.12. The molecule has 35 heavy (non-hydrogen) atoms. The quantitative estimate of drug-likeness (QED) is 0.562. The summed E-state index contributed by atoms with van der Waals surface area (Å²) in [6.07, 6.45) is 9.34. The third-order valence-electron chi connectivity index (χ3n) is 7.71. The Morgan fingerprint density at radius 3 is 2.69 bits per heavy atom. The first-order valence-electron chi connectivity index (χ1n) is 12.5. The molecule has 3 aliphatic rings. The van der Waals surface area contributed by atoms with Gasteiger partial charge >= 0.3 is 0 Å². The minimum atomic E-state index is -0.617. The van der Waals surface area contributed by atoms with Gasteiger partial charge in [-0.2, -0.15) is 5.10 Å². The van der Waals surface area contributed by atoms with Gasteiger partial charge in [0.2, 0.25) is 0 Å². The number of carbonyl (C=O) groups is 1. The van der Waals surface area contributed by atoms with Gasteiger partial charge in [-0.1, -0.05) is 0 Å². The predicted octanol–water partition coefficient (Wildman–Crippen LogP) is 2.70. The average Bonchev–Trinajstić information content (AvgIpc) is 3.62. The summed E-state index contributed by atoms with van der Waals surface area (Å²) in [7, 11) is 0. The van der Waals surface area contributed by atoms with Crippen LogP contribution in [0.1, 0.15) is 60.1 Å². The number of hydrogen-bond donors (Lipinski definition) is 2. The summed E-state index contributed by atoms with van der Waals surface area (Å²) in [6.45, 7) is 7.64. The molecule has 2 fully saturated rings. The summed E-state index contributed by atoms with van der Waals surface area (Å²) in [4.78, 5) is 33.2. The summed E-state index contributed by atoms with van der Waals surface area (Å²) in [6, 6.07) is 1.74. The van der Waals surface area contributed by atoms with E-state index in [1.54, 1.807) is 15.1 Å². The van der Waals surface area contributed by atoms with E-state index in [1.165, 1.54) is 19.2 Å². The fourth-order valence-electron chi connectivity index (χ4n) is 5.95. The van der Waals surface area contributed by atoms with Gasteiger partial charge in [0.1, 0.15) is 41.2 Å². The van der Waals surface area contributed by atoms with E-state index in [9.17, 15) is 9.59 Å². The van der Waals surface area contributed by atoms with Crippen LogP contribution in [-0.2, 0) is 5.66 Å². The number of amides is 1. The maximum absolute atomic E-state index is 13.6. The van der Waals surface area contributed by atoms with Crippen molar-refractivity contribution in [3.8, 4) is 5.75 Å². The van der Waals surface area contributed by atoms with Crippen LogP contribution in [0.3, 0.4) is 0 Å². The fraction of sp³-hybridized carbons (Fsp3) is 0.520. The molecule has 6 rings (SSSR count). The Hall–Kier alpha value is -3.40. The van der Waals surface area contributed by atoms with Crippen LogP contribution in [0.25, 0.3) is 5.52 Å². The first kappa shape index (κ1) is 22.1. The highest BCUT2D eigenvalue weighted by molar-refractivity contribution is 5.97. The smallest absolute Gasteiger partial charge is 0.276 e. The van der Waals surface area contributed by atoms with Crippen molar-refractivity contribution in [3.63, 3.8) is 0 Å². The minimum absolute atomic E-state index is 0.171. The minimum Gasteiger partial charge on any atom is -0.490 e. The Labute approximate surface area is 203 Å². The van der Waals surface area contributed by atoms with Crippen LogP contribution in [0.2, 0.25) is 0 Å². The number of hydrogen-bond acceptors (Lipinski definition) is 7. The second kappa shape index (κ2) is 8.37. The molecular weight excluding hydrogens is 446 g/mol. The van der Waals surface area contributed by atoms with Gasteiger partial charge in [0.25, 0.3) is 11.5 Å². The lowest BCUT2D eigenvalue weighted by Gasteiger charge is -2.26. The number of aromatic nitrogens is 4. The van der Waals surface area contributed by atoms with Crippen LogP contribution in [-0.4, -0.2) is 56.2 Å². The highest BCUT2D eigenvalue weighted by Gasteiger charge is 2.46. The van der Waals surface area contributed by atoms with Gasteiger partial charge in [0, 0.05) is 12.1 Å². The Balaban J connectivity index is 1.33. The Morgan fingerprint density at radius 1 is 1.14 bits per heavy atom. The van der Waals surface area contributed by atoms with Gasteiger partial charge in [-0.3, -0.25) is 19.1 Å². The molecule has 1 aliphatic carbocycles. The molecule has 1 spiro atoms. The number of anilines is 2. The van der Waals surface area contributed by atoms with Crippen molar-refractivity contribution < 1.29 is 9.53 Å². The lowest BCUT2D eigenvalue weighted by Crippen LogP contribution is -2.45. The molecule has 0 unspecified atom stereocenters. The molecular formula is C25H31N7O3. The molecule has 0 radical (unpaired) electrons. The van der Waals surface area contributed by atoms with E-state index in [0.717, 1.165) is 67.7 Å². The van der Waals surface area contributed by atoms with E-state index in [4.69, 9.17) is 4.74 Å². The van der Waals surface area contributed by atoms with E-state index in [1.807, 2.05) is 20.0 Å². The second-order valence-electron chi connectivity index (χ2n) is 9.97. The number of fused-ring (bicyclic) bond motifs is 3. The van der Waals surface area contributed by atoms with Crippen LogP contribution in [0.15, 0.2) is 23.4 Å². The molecule has 1 saturated heterocycles. The van der Waals surface area contributed by atoms with Crippen molar-refractivity contribution in [3.05, 3.63) is 45.8 Å². The third kappa shape index (κ3) is 3.58. The van der Waals surface area contributed by atoms with Gasteiger partial charge in [0.05, 0.1) is 6.20 Å². The van der Waals surface area contributed by atoms with Crippen LogP contribution in [0.4, 0.5) is 11.5 Å². The van der Waals surface area contributed by atoms with E-state index >= 15 is 0 Å². The lowest BCUT2D eigenvalue weighted by molar-refractivity contribution is 0.0920. The standard InChI is InChI=1S/C25H31N7O3/c1-16-13-18(24(34)32-20(16)23(33)29-25(32)7-3-4-8-25)28-22-21-17(2)19(14-31(21)27-15-26-22)35-12-11-30-9-5-6-10-30/h13-15H,3-12H2,1-2H3,(H,29,33)(H,26,27,28). The average molecular weight is 478 g/mol. The highest BCUT2D eigenvalue weighted by atomic mass is 16.5. The van der Waals surface area contributed by atoms with Crippen molar-refractivity contribution in [1.29, 1.82) is 0 Å². The van der Waals surface area contributed by atoms with E-state index in [0.29, 0.717) is 23.8 Å². The van der Waals surface area contributed by atoms with Crippen molar-refractivity contribution in [2.75, 3.05) is 31.6 Å². The molecule has 5 heterocycles. The molecule has 184 valence electrons. The molecule has 3 aromatic rings. The molecule has 2 N–H and O–H groups in total. The largest absolute Gasteiger partial charge is 0.490 e. The molecule has 0 bridgehead atoms. The molecule has 3 aromatic heterocycles. The molecule has 1 saturated carbocycles. The molecule has 10 heteroatoms. The van der Waals surface area contributed by atoms with E-state index in [2.05, 4.69) is 25.6 Å². The number of carbonyl (C=O) groups excluding carboxylic acids is 1. The van der Waals surface area contributed by atoms with Crippen LogP contribution < -0.4 is 20.9 Å². The second-order valence-corrected chi connectivity index (χ2v) is 9.97. The molecule has 0 aromatic carbocycles. The summed E-state index contributed by atoms with van der Waals surface area (Å²) < 4.78 is 9.51. The van der Waals surface area contributed by atoms with Crippen molar-refractivity contribution >= 4 is 22.9 Å². The van der Waals surface area contributed by atoms with Crippen LogP contribution in [0, 0.1) is 13.8 Å². The molecule has 0 atom stereocenters. The van der Waals surface area contributed by atoms with Crippen molar-refractivity contribution in [2.24, 2.45) is 0 Å². The number of nitrogens with one attached hydrogen (secondary N) is 2. The van der Waals surface area contributed by atoms with Gasteiger partial charge in [-0.15, -0.1) is 0 Å². The molecule has 10 nitrogen and oxygen atoms in total. The number of ether oxygens (including phenoxy) is 1. The van der Waals surface area contributed by atoms with Crippen LogP contribution in [0.5, 0.6) is 5.75 Å². The highest BCUT2D eigenvalue weighted by Crippen LogP contribution is 2.39. The SMILES string of the molecule is Cc1cc(Nc2ncnn3cc(OCCN4CCCC4)c(C)c23)c(=O)n2c1C(=O)NC21CCCC1.